The molecule has 0 radical (unpaired) electrons. The molecule has 1 saturated heterocycles. The van der Waals surface area contributed by atoms with Crippen molar-refractivity contribution in [3.63, 3.8) is 0 Å². The van der Waals surface area contributed by atoms with Crippen molar-refractivity contribution in [2.45, 2.75) is 57.2 Å². The predicted molar refractivity (Wildman–Crippen MR) is 43.7 cm³/mol. The maximum atomic E-state index is 9.61. The number of hydrogen-bond donors (Lipinski definition) is 1. The third-order valence-electron chi connectivity index (χ3n) is 2.59. The summed E-state index contributed by atoms with van der Waals surface area (Å²) < 4.78 is 11.2. The molecule has 2 rings (SSSR count). The number of fused-ring (bicyclic) bond motifs is 1. The molecule has 2 aliphatic rings. The third-order valence-corrected chi connectivity index (χ3v) is 2.59. The lowest BCUT2D eigenvalue weighted by molar-refractivity contribution is -0.153. The van der Waals surface area contributed by atoms with E-state index in [0.717, 1.165) is 19.3 Å². The highest BCUT2D eigenvalue weighted by Crippen LogP contribution is 2.36. The van der Waals surface area contributed by atoms with Gasteiger partial charge in [0.15, 0.2) is 5.79 Å². The van der Waals surface area contributed by atoms with Gasteiger partial charge in [-0.3, -0.25) is 0 Å². The Labute approximate surface area is 72.7 Å². The van der Waals surface area contributed by atoms with E-state index >= 15 is 0 Å². The molecular formula is C9H16O3. The number of ether oxygens (including phenoxy) is 2. The quantitative estimate of drug-likeness (QED) is 0.593. The molecule has 1 saturated carbocycles. The van der Waals surface area contributed by atoms with Crippen LogP contribution in [0.1, 0.15) is 33.1 Å². The van der Waals surface area contributed by atoms with Crippen LogP contribution in [0.3, 0.4) is 0 Å². The van der Waals surface area contributed by atoms with Gasteiger partial charge in [0, 0.05) is 0 Å². The zero-order valence-electron chi connectivity index (χ0n) is 7.62. The van der Waals surface area contributed by atoms with E-state index in [2.05, 4.69) is 0 Å². The molecule has 3 atom stereocenters. The van der Waals surface area contributed by atoms with E-state index in [1.807, 2.05) is 13.8 Å². The molecule has 3 nitrogen and oxygen atoms in total. The monoisotopic (exact) mass is 172 g/mol. The van der Waals surface area contributed by atoms with Crippen LogP contribution in [0.25, 0.3) is 0 Å². The minimum absolute atomic E-state index is 0.0891. The van der Waals surface area contributed by atoms with Gasteiger partial charge in [0.25, 0.3) is 0 Å². The molecular weight excluding hydrogens is 156 g/mol. The number of aliphatic hydroxyl groups is 1. The van der Waals surface area contributed by atoms with Gasteiger partial charge in [0.05, 0.1) is 12.2 Å². The van der Waals surface area contributed by atoms with Crippen LogP contribution in [0, 0.1) is 0 Å². The molecule has 2 fully saturated rings. The Morgan fingerprint density at radius 2 is 2.00 bits per heavy atom. The van der Waals surface area contributed by atoms with Gasteiger partial charge in [0.2, 0.25) is 0 Å². The summed E-state index contributed by atoms with van der Waals surface area (Å²) in [6.07, 6.45) is 2.61. The Balaban J connectivity index is 2.09. The highest BCUT2D eigenvalue weighted by molar-refractivity contribution is 4.89. The fourth-order valence-electron chi connectivity index (χ4n) is 2.10. The van der Waals surface area contributed by atoms with E-state index in [1.54, 1.807) is 0 Å². The summed E-state index contributed by atoms with van der Waals surface area (Å²) >= 11 is 0. The molecule has 0 aromatic heterocycles. The van der Waals surface area contributed by atoms with Crippen molar-refractivity contribution in [2.75, 3.05) is 0 Å². The average Bonchev–Trinajstić information content (AvgIpc) is 2.25. The summed E-state index contributed by atoms with van der Waals surface area (Å²) in [5.41, 5.74) is 0. The first-order chi connectivity index (χ1) is 5.58. The molecule has 0 unspecified atom stereocenters. The topological polar surface area (TPSA) is 38.7 Å². The first kappa shape index (κ1) is 8.48. The van der Waals surface area contributed by atoms with Crippen molar-refractivity contribution in [1.82, 2.24) is 0 Å². The molecule has 0 aromatic rings. The molecule has 0 bridgehead atoms. The average molecular weight is 172 g/mol. The van der Waals surface area contributed by atoms with Crippen molar-refractivity contribution >= 4 is 0 Å². The maximum Gasteiger partial charge on any atom is 0.163 e. The minimum atomic E-state index is -0.499. The number of aliphatic hydroxyl groups excluding tert-OH is 1. The molecule has 1 aliphatic carbocycles. The van der Waals surface area contributed by atoms with Crippen molar-refractivity contribution in [2.24, 2.45) is 0 Å². The molecule has 0 aromatic carbocycles. The summed E-state index contributed by atoms with van der Waals surface area (Å²) in [5, 5.41) is 9.61. The van der Waals surface area contributed by atoms with Crippen molar-refractivity contribution < 1.29 is 14.6 Å². The predicted octanol–water partition coefficient (Wildman–Crippen LogP) is 1.05. The van der Waals surface area contributed by atoms with Gasteiger partial charge in [-0.25, -0.2) is 0 Å². The first-order valence-electron chi connectivity index (χ1n) is 4.62. The lowest BCUT2D eigenvalue weighted by atomic mass is 9.92. The Kier molecular flexibility index (Phi) is 1.90. The molecule has 0 spiro atoms. The number of rotatable bonds is 0. The molecule has 0 amide bonds. The van der Waals surface area contributed by atoms with Gasteiger partial charge in [-0.05, 0) is 33.1 Å². The summed E-state index contributed by atoms with van der Waals surface area (Å²) in [6.45, 7) is 3.80. The molecule has 70 valence electrons. The normalized spacial score (nSPS) is 45.8. The molecule has 1 heterocycles. The Morgan fingerprint density at radius 3 is 2.67 bits per heavy atom. The SMILES string of the molecule is CC1(C)O[C@@H]2[C@H](CCC[C@@H]2O)O1. The largest absolute Gasteiger partial charge is 0.390 e. The molecule has 1 aliphatic heterocycles. The van der Waals surface area contributed by atoms with Crippen LogP contribution in [0.5, 0.6) is 0 Å². The van der Waals surface area contributed by atoms with Crippen LogP contribution in [0.15, 0.2) is 0 Å². The van der Waals surface area contributed by atoms with E-state index in [4.69, 9.17) is 9.47 Å². The standard InChI is InChI=1S/C9H16O3/c1-9(2)11-7-5-3-4-6(10)8(7)12-9/h6-8,10H,3-5H2,1-2H3/t6-,7-,8-/m0/s1. The van der Waals surface area contributed by atoms with E-state index < -0.39 is 5.79 Å². The van der Waals surface area contributed by atoms with Crippen molar-refractivity contribution in [1.29, 1.82) is 0 Å². The van der Waals surface area contributed by atoms with Gasteiger partial charge in [0.1, 0.15) is 6.10 Å². The van der Waals surface area contributed by atoms with Crippen molar-refractivity contribution in [3.8, 4) is 0 Å². The summed E-state index contributed by atoms with van der Waals surface area (Å²) in [5.74, 6) is -0.499. The van der Waals surface area contributed by atoms with Crippen LogP contribution >= 0.6 is 0 Å². The lowest BCUT2D eigenvalue weighted by Crippen LogP contribution is -2.38. The van der Waals surface area contributed by atoms with Crippen LogP contribution < -0.4 is 0 Å². The van der Waals surface area contributed by atoms with Gasteiger partial charge in [-0.15, -0.1) is 0 Å². The van der Waals surface area contributed by atoms with E-state index in [1.165, 1.54) is 0 Å². The lowest BCUT2D eigenvalue weighted by Gasteiger charge is -2.26. The minimum Gasteiger partial charge on any atom is -0.390 e. The van der Waals surface area contributed by atoms with Crippen LogP contribution in [0.2, 0.25) is 0 Å². The van der Waals surface area contributed by atoms with Gasteiger partial charge >= 0.3 is 0 Å². The third kappa shape index (κ3) is 1.37. The van der Waals surface area contributed by atoms with Gasteiger partial charge in [-0.2, -0.15) is 0 Å². The second-order valence-corrected chi connectivity index (χ2v) is 4.14. The van der Waals surface area contributed by atoms with Crippen molar-refractivity contribution in [3.05, 3.63) is 0 Å². The highest BCUT2D eigenvalue weighted by Gasteiger charge is 2.46. The highest BCUT2D eigenvalue weighted by atomic mass is 16.8. The van der Waals surface area contributed by atoms with Gasteiger partial charge in [-0.1, -0.05) is 0 Å². The molecule has 1 N–H and O–H groups in total. The number of hydrogen-bond acceptors (Lipinski definition) is 3. The maximum absolute atomic E-state index is 9.61. The molecule has 12 heavy (non-hydrogen) atoms. The zero-order valence-corrected chi connectivity index (χ0v) is 7.62. The summed E-state index contributed by atoms with van der Waals surface area (Å²) in [7, 11) is 0. The smallest absolute Gasteiger partial charge is 0.163 e. The Bertz CT molecular complexity index is 179. The second kappa shape index (κ2) is 2.69. The Morgan fingerprint density at radius 1 is 1.25 bits per heavy atom. The second-order valence-electron chi connectivity index (χ2n) is 4.14. The van der Waals surface area contributed by atoms with Crippen LogP contribution in [0.4, 0.5) is 0 Å². The van der Waals surface area contributed by atoms with Gasteiger partial charge < -0.3 is 14.6 Å². The molecule has 3 heteroatoms. The first-order valence-corrected chi connectivity index (χ1v) is 4.62. The fourth-order valence-corrected chi connectivity index (χ4v) is 2.10. The fraction of sp³-hybridized carbons (Fsp3) is 1.00. The zero-order chi connectivity index (χ0) is 8.77. The van der Waals surface area contributed by atoms with E-state index in [0.29, 0.717) is 0 Å². The summed E-state index contributed by atoms with van der Waals surface area (Å²) in [6, 6.07) is 0. The van der Waals surface area contributed by atoms with Crippen LogP contribution in [-0.4, -0.2) is 29.2 Å². The summed E-state index contributed by atoms with van der Waals surface area (Å²) in [4.78, 5) is 0. The Hall–Kier alpha value is -0.120. The van der Waals surface area contributed by atoms with E-state index in [-0.39, 0.29) is 18.3 Å². The van der Waals surface area contributed by atoms with E-state index in [9.17, 15) is 5.11 Å². The van der Waals surface area contributed by atoms with Crippen LogP contribution in [-0.2, 0) is 9.47 Å².